The highest BCUT2D eigenvalue weighted by atomic mass is 32.2. The second kappa shape index (κ2) is 8.16. The minimum absolute atomic E-state index is 0.120. The molecule has 1 amide bonds. The number of methoxy groups -OCH3 is 1. The number of benzene rings is 2. The zero-order chi connectivity index (χ0) is 23.0. The molecule has 3 aromatic rings. The first-order valence-corrected chi connectivity index (χ1v) is 12.2. The lowest BCUT2D eigenvalue weighted by Gasteiger charge is -2.21. The molecule has 2 heterocycles. The Kier molecular flexibility index (Phi) is 5.52. The SMILES string of the molecule is C=S(C)(=O)Cc1ccc(Nc2ncc3c(n2)N(C)c2ccccc2C(=O)N3C)c(OC)c1. The summed E-state index contributed by atoms with van der Waals surface area (Å²) in [5.41, 5.74) is 3.51. The number of nitrogens with one attached hydrogen (secondary N) is 1. The van der Waals surface area contributed by atoms with Crippen molar-refractivity contribution in [2.75, 3.05) is 42.6 Å². The number of nitrogens with zero attached hydrogens (tertiary/aromatic N) is 4. The summed E-state index contributed by atoms with van der Waals surface area (Å²) in [4.78, 5) is 25.5. The third kappa shape index (κ3) is 4.11. The Morgan fingerprint density at radius 2 is 1.88 bits per heavy atom. The van der Waals surface area contributed by atoms with Gasteiger partial charge >= 0.3 is 0 Å². The maximum Gasteiger partial charge on any atom is 0.260 e. The van der Waals surface area contributed by atoms with Crippen molar-refractivity contribution in [1.29, 1.82) is 0 Å². The predicted octanol–water partition coefficient (Wildman–Crippen LogP) is 3.43. The maximum atomic E-state index is 12.9. The average Bonchev–Trinajstić information content (AvgIpc) is 2.84. The molecule has 166 valence electrons. The van der Waals surface area contributed by atoms with Crippen molar-refractivity contribution in [2.24, 2.45) is 0 Å². The quantitative estimate of drug-likeness (QED) is 0.595. The van der Waals surface area contributed by atoms with Gasteiger partial charge in [-0.2, -0.15) is 4.98 Å². The van der Waals surface area contributed by atoms with Crippen LogP contribution in [0.25, 0.3) is 0 Å². The number of aromatic nitrogens is 2. The number of anilines is 5. The Morgan fingerprint density at radius 1 is 1.12 bits per heavy atom. The number of carbonyl (C=O) groups excluding carboxylic acids is 1. The van der Waals surface area contributed by atoms with E-state index < -0.39 is 9.52 Å². The highest BCUT2D eigenvalue weighted by molar-refractivity contribution is 7.98. The lowest BCUT2D eigenvalue weighted by atomic mass is 10.1. The molecule has 1 aliphatic heterocycles. The molecule has 1 aromatic heterocycles. The van der Waals surface area contributed by atoms with E-state index in [2.05, 4.69) is 21.2 Å². The second-order valence-electron chi connectivity index (χ2n) is 7.83. The van der Waals surface area contributed by atoms with E-state index in [1.165, 1.54) is 0 Å². The summed E-state index contributed by atoms with van der Waals surface area (Å²) < 4.78 is 17.6. The van der Waals surface area contributed by atoms with E-state index in [-0.39, 0.29) is 5.91 Å². The molecule has 0 fully saturated rings. The number of amides is 1. The highest BCUT2D eigenvalue weighted by Gasteiger charge is 2.28. The molecule has 0 bridgehead atoms. The predicted molar refractivity (Wildman–Crippen MR) is 130 cm³/mol. The lowest BCUT2D eigenvalue weighted by Crippen LogP contribution is -2.25. The summed E-state index contributed by atoms with van der Waals surface area (Å²) in [6.45, 7) is 0. The largest absolute Gasteiger partial charge is 0.495 e. The number of fused-ring (bicyclic) bond motifs is 2. The van der Waals surface area contributed by atoms with Crippen molar-refractivity contribution in [3.63, 3.8) is 0 Å². The molecule has 0 aliphatic carbocycles. The Balaban J connectivity index is 1.71. The molecule has 0 spiro atoms. The smallest absolute Gasteiger partial charge is 0.260 e. The molecule has 2 aromatic carbocycles. The molecular formula is C23H25N5O3S. The van der Waals surface area contributed by atoms with E-state index in [4.69, 9.17) is 4.74 Å². The van der Waals surface area contributed by atoms with Crippen LogP contribution in [0.4, 0.5) is 28.8 Å². The van der Waals surface area contributed by atoms with Gasteiger partial charge in [-0.1, -0.05) is 18.2 Å². The van der Waals surface area contributed by atoms with E-state index in [0.29, 0.717) is 40.2 Å². The fraction of sp³-hybridized carbons (Fsp3) is 0.217. The van der Waals surface area contributed by atoms with E-state index in [9.17, 15) is 9.00 Å². The summed E-state index contributed by atoms with van der Waals surface area (Å²) in [6.07, 6.45) is 3.26. The Morgan fingerprint density at radius 3 is 2.59 bits per heavy atom. The summed E-state index contributed by atoms with van der Waals surface area (Å²) in [7, 11) is 2.99. The molecule has 0 radical (unpaired) electrons. The fourth-order valence-electron chi connectivity index (χ4n) is 3.66. The third-order valence-corrected chi connectivity index (χ3v) is 6.16. The molecule has 8 nitrogen and oxygen atoms in total. The van der Waals surface area contributed by atoms with Crippen LogP contribution in [-0.2, 0) is 15.3 Å². The van der Waals surface area contributed by atoms with E-state index >= 15 is 0 Å². The van der Waals surface area contributed by atoms with Crippen LogP contribution in [0, 0.1) is 0 Å². The van der Waals surface area contributed by atoms with Gasteiger partial charge in [-0.15, -0.1) is 0 Å². The average molecular weight is 452 g/mol. The number of carbonyl (C=O) groups is 1. The van der Waals surface area contributed by atoms with Crippen LogP contribution in [0.15, 0.2) is 48.7 Å². The zero-order valence-electron chi connectivity index (χ0n) is 18.5. The van der Waals surface area contributed by atoms with Crippen molar-refractivity contribution in [1.82, 2.24) is 9.97 Å². The van der Waals surface area contributed by atoms with Gasteiger partial charge < -0.3 is 19.9 Å². The number of hydrogen-bond donors (Lipinski definition) is 1. The van der Waals surface area contributed by atoms with Crippen molar-refractivity contribution >= 4 is 50.1 Å². The van der Waals surface area contributed by atoms with Crippen LogP contribution >= 0.6 is 0 Å². The standard InChI is InChI=1S/C23H25N5O3S/c1-27-18-9-7-6-8-16(18)22(29)28(2)19-13-24-23(26-21(19)27)25-17-11-10-15(12-20(17)31-3)14-32(4,5)30/h6-13H,4,14H2,1-3,5H3,(H,24,25,26). The summed E-state index contributed by atoms with van der Waals surface area (Å²) in [5.74, 6) is 5.50. The first kappa shape index (κ1) is 21.6. The van der Waals surface area contributed by atoms with Crippen LogP contribution in [0.5, 0.6) is 5.75 Å². The van der Waals surface area contributed by atoms with Crippen molar-refractivity contribution in [3.05, 3.63) is 59.8 Å². The van der Waals surface area contributed by atoms with Crippen molar-refractivity contribution in [2.45, 2.75) is 5.75 Å². The fourth-order valence-corrected chi connectivity index (χ4v) is 4.55. The van der Waals surface area contributed by atoms with Gasteiger partial charge in [0.15, 0.2) is 5.82 Å². The van der Waals surface area contributed by atoms with Gasteiger partial charge in [0.05, 0.1) is 30.2 Å². The summed E-state index contributed by atoms with van der Waals surface area (Å²) >= 11 is 0. The normalized spacial score (nSPS) is 14.8. The first-order chi connectivity index (χ1) is 15.2. The number of hydrogen-bond acceptors (Lipinski definition) is 7. The van der Waals surface area contributed by atoms with Crippen LogP contribution in [0.3, 0.4) is 0 Å². The van der Waals surface area contributed by atoms with Gasteiger partial charge in [0, 0.05) is 26.1 Å². The zero-order valence-corrected chi connectivity index (χ0v) is 19.3. The highest BCUT2D eigenvalue weighted by Crippen LogP contribution is 2.38. The van der Waals surface area contributed by atoms with Crippen LogP contribution in [-0.4, -0.2) is 53.4 Å². The van der Waals surface area contributed by atoms with Crippen molar-refractivity contribution in [3.8, 4) is 5.75 Å². The van der Waals surface area contributed by atoms with Crippen molar-refractivity contribution < 1.29 is 13.7 Å². The third-order valence-electron chi connectivity index (χ3n) is 5.21. The summed E-state index contributed by atoms with van der Waals surface area (Å²) in [6, 6.07) is 13.0. The topological polar surface area (TPSA) is 87.7 Å². The van der Waals surface area contributed by atoms with Crippen LogP contribution in [0.2, 0.25) is 0 Å². The molecule has 0 saturated heterocycles. The van der Waals surface area contributed by atoms with Crippen LogP contribution < -0.4 is 19.9 Å². The monoisotopic (exact) mass is 451 g/mol. The minimum Gasteiger partial charge on any atom is -0.495 e. The van der Waals surface area contributed by atoms with Crippen LogP contribution in [0.1, 0.15) is 15.9 Å². The molecule has 1 atom stereocenters. The first-order valence-electron chi connectivity index (χ1n) is 9.89. The number of rotatable bonds is 5. The molecule has 9 heteroatoms. The van der Waals surface area contributed by atoms with Gasteiger partial charge in [-0.05, 0) is 45.2 Å². The molecular weight excluding hydrogens is 426 g/mol. The minimum atomic E-state index is -2.17. The maximum absolute atomic E-state index is 12.9. The Labute approximate surface area is 187 Å². The van der Waals surface area contributed by atoms with Gasteiger partial charge in [-0.3, -0.25) is 9.00 Å². The van der Waals surface area contributed by atoms with Gasteiger partial charge in [0.1, 0.15) is 11.4 Å². The molecule has 1 unspecified atom stereocenters. The molecule has 1 aliphatic rings. The molecule has 4 rings (SSSR count). The van der Waals surface area contributed by atoms with Gasteiger partial charge in [0.25, 0.3) is 5.91 Å². The molecule has 0 saturated carbocycles. The van der Waals surface area contributed by atoms with Gasteiger partial charge in [0.2, 0.25) is 5.95 Å². The Bertz CT molecular complexity index is 1310. The molecule has 1 N–H and O–H groups in total. The van der Waals surface area contributed by atoms with E-state index in [1.807, 2.05) is 48.3 Å². The summed E-state index contributed by atoms with van der Waals surface area (Å²) in [5, 5.41) is 3.19. The van der Waals surface area contributed by atoms with E-state index in [0.717, 1.165) is 11.3 Å². The second-order valence-corrected chi connectivity index (χ2v) is 10.5. The van der Waals surface area contributed by atoms with Gasteiger partial charge in [-0.25, -0.2) is 4.98 Å². The van der Waals surface area contributed by atoms with E-state index in [1.54, 1.807) is 37.6 Å². The Hall–Kier alpha value is -3.59. The molecule has 32 heavy (non-hydrogen) atoms. The lowest BCUT2D eigenvalue weighted by molar-refractivity contribution is 0.0994. The number of para-hydroxylation sites is 1. The number of ether oxygens (including phenoxy) is 1.